The third-order valence-electron chi connectivity index (χ3n) is 3.16. The summed E-state index contributed by atoms with van der Waals surface area (Å²) in [6, 6.07) is 0.361. The summed E-state index contributed by atoms with van der Waals surface area (Å²) in [7, 11) is 0. The molecular weight excluding hydrogens is 176 g/mol. The summed E-state index contributed by atoms with van der Waals surface area (Å²) in [6.45, 7) is 7.35. The summed E-state index contributed by atoms with van der Waals surface area (Å²) >= 11 is 0. The monoisotopic (exact) mass is 200 g/mol. The van der Waals surface area contributed by atoms with Crippen molar-refractivity contribution in [1.82, 2.24) is 5.32 Å². The van der Waals surface area contributed by atoms with Gasteiger partial charge in [0.2, 0.25) is 0 Å². The Hall–Kier alpha value is -0.120. The molecule has 0 aromatic carbocycles. The van der Waals surface area contributed by atoms with Gasteiger partial charge < -0.3 is 15.8 Å². The molecule has 1 fully saturated rings. The quantitative estimate of drug-likeness (QED) is 0.632. The molecule has 0 spiro atoms. The molecule has 0 bridgehead atoms. The van der Waals surface area contributed by atoms with Gasteiger partial charge in [-0.15, -0.1) is 0 Å². The van der Waals surface area contributed by atoms with E-state index in [9.17, 15) is 0 Å². The van der Waals surface area contributed by atoms with E-state index in [0.29, 0.717) is 18.1 Å². The second-order valence-electron chi connectivity index (χ2n) is 4.29. The Kier molecular flexibility index (Phi) is 5.45. The molecule has 0 amide bonds. The number of hydrogen-bond donors (Lipinski definition) is 2. The smallest absolute Gasteiger partial charge is 0.0588 e. The molecular formula is C11H24N2O. The third kappa shape index (κ3) is 3.95. The maximum atomic E-state index is 5.83. The number of hydrogen-bond acceptors (Lipinski definition) is 3. The average molecular weight is 200 g/mol. The van der Waals surface area contributed by atoms with Gasteiger partial charge in [-0.1, -0.05) is 6.92 Å². The maximum absolute atomic E-state index is 5.83. The van der Waals surface area contributed by atoms with Gasteiger partial charge in [0.1, 0.15) is 0 Å². The van der Waals surface area contributed by atoms with Crippen molar-refractivity contribution in [3.05, 3.63) is 0 Å². The molecule has 1 aliphatic heterocycles. The van der Waals surface area contributed by atoms with E-state index in [1.165, 1.54) is 6.42 Å². The highest BCUT2D eigenvalue weighted by atomic mass is 16.5. The van der Waals surface area contributed by atoms with Crippen LogP contribution in [-0.4, -0.2) is 31.8 Å². The van der Waals surface area contributed by atoms with Crippen molar-refractivity contribution in [3.8, 4) is 0 Å². The lowest BCUT2D eigenvalue weighted by Crippen LogP contribution is -2.31. The van der Waals surface area contributed by atoms with E-state index in [1.54, 1.807) is 0 Å². The third-order valence-corrected chi connectivity index (χ3v) is 3.16. The van der Waals surface area contributed by atoms with Crippen LogP contribution in [0.1, 0.15) is 33.1 Å². The van der Waals surface area contributed by atoms with E-state index >= 15 is 0 Å². The summed E-state index contributed by atoms with van der Waals surface area (Å²) in [5, 5.41) is 3.46. The molecule has 1 heterocycles. The molecule has 1 rings (SSSR count). The summed E-state index contributed by atoms with van der Waals surface area (Å²) in [5.41, 5.74) is 5.83. The van der Waals surface area contributed by atoms with Crippen LogP contribution in [0.25, 0.3) is 0 Å². The van der Waals surface area contributed by atoms with Crippen molar-refractivity contribution in [3.63, 3.8) is 0 Å². The van der Waals surface area contributed by atoms with Gasteiger partial charge in [-0.05, 0) is 38.6 Å². The van der Waals surface area contributed by atoms with E-state index in [4.69, 9.17) is 10.5 Å². The molecule has 0 aromatic rings. The van der Waals surface area contributed by atoms with Gasteiger partial charge in [-0.3, -0.25) is 0 Å². The molecule has 14 heavy (non-hydrogen) atoms. The van der Waals surface area contributed by atoms with E-state index in [2.05, 4.69) is 19.2 Å². The van der Waals surface area contributed by atoms with Crippen LogP contribution in [0.2, 0.25) is 0 Å². The van der Waals surface area contributed by atoms with Crippen LogP contribution in [0.4, 0.5) is 0 Å². The first-order valence-electron chi connectivity index (χ1n) is 5.82. The lowest BCUT2D eigenvalue weighted by Gasteiger charge is -2.15. The molecule has 0 aromatic heterocycles. The summed E-state index contributed by atoms with van der Waals surface area (Å²) in [4.78, 5) is 0. The molecule has 1 aliphatic rings. The Bertz CT molecular complexity index is 152. The van der Waals surface area contributed by atoms with Crippen LogP contribution in [0.3, 0.4) is 0 Å². The second-order valence-corrected chi connectivity index (χ2v) is 4.29. The lowest BCUT2D eigenvalue weighted by molar-refractivity contribution is 0.105. The molecule has 84 valence electrons. The normalized spacial score (nSPS) is 29.4. The van der Waals surface area contributed by atoms with Gasteiger partial charge in [-0.2, -0.15) is 0 Å². The van der Waals surface area contributed by atoms with Gasteiger partial charge in [-0.25, -0.2) is 0 Å². The van der Waals surface area contributed by atoms with E-state index < -0.39 is 0 Å². The first-order chi connectivity index (χ1) is 6.74. The predicted octanol–water partition coefficient (Wildman–Crippen LogP) is 1.13. The van der Waals surface area contributed by atoms with Crippen LogP contribution in [0.15, 0.2) is 0 Å². The van der Waals surface area contributed by atoms with Gasteiger partial charge in [0.15, 0.2) is 0 Å². The summed E-state index contributed by atoms with van der Waals surface area (Å²) in [5.74, 6) is 0.702. The zero-order chi connectivity index (χ0) is 10.4. The first-order valence-corrected chi connectivity index (χ1v) is 5.82. The lowest BCUT2D eigenvalue weighted by atomic mass is 10.0. The summed E-state index contributed by atoms with van der Waals surface area (Å²) in [6.07, 6.45) is 3.79. The van der Waals surface area contributed by atoms with E-state index in [-0.39, 0.29) is 0 Å². The molecule has 0 aliphatic carbocycles. The van der Waals surface area contributed by atoms with E-state index in [1.807, 2.05) is 0 Å². The fourth-order valence-electron chi connectivity index (χ4n) is 1.82. The highest BCUT2D eigenvalue weighted by Gasteiger charge is 2.23. The Morgan fingerprint density at radius 2 is 2.36 bits per heavy atom. The van der Waals surface area contributed by atoms with Crippen molar-refractivity contribution < 1.29 is 4.74 Å². The van der Waals surface area contributed by atoms with E-state index in [0.717, 1.165) is 32.5 Å². The number of rotatable bonds is 6. The topological polar surface area (TPSA) is 47.3 Å². The highest BCUT2D eigenvalue weighted by molar-refractivity contribution is 4.74. The minimum Gasteiger partial charge on any atom is -0.378 e. The molecule has 1 saturated heterocycles. The standard InChI is InChI=1S/C11H24N2O/c1-3-11(12)4-6-13-8-10-5-7-14-9(10)2/h9-11,13H,3-8,12H2,1-2H3. The Morgan fingerprint density at radius 1 is 1.57 bits per heavy atom. The van der Waals surface area contributed by atoms with Crippen molar-refractivity contribution >= 4 is 0 Å². The Labute approximate surface area is 87.4 Å². The maximum Gasteiger partial charge on any atom is 0.0588 e. The second kappa shape index (κ2) is 6.38. The number of nitrogens with one attached hydrogen (secondary N) is 1. The van der Waals surface area contributed by atoms with Crippen molar-refractivity contribution in [2.75, 3.05) is 19.7 Å². The summed E-state index contributed by atoms with van der Waals surface area (Å²) < 4.78 is 5.50. The molecule has 0 radical (unpaired) electrons. The zero-order valence-corrected chi connectivity index (χ0v) is 9.46. The molecule has 3 heteroatoms. The minimum absolute atomic E-state index is 0.361. The van der Waals surface area contributed by atoms with Crippen LogP contribution >= 0.6 is 0 Å². The van der Waals surface area contributed by atoms with Gasteiger partial charge in [0, 0.05) is 19.2 Å². The van der Waals surface area contributed by atoms with Gasteiger partial charge >= 0.3 is 0 Å². The van der Waals surface area contributed by atoms with Gasteiger partial charge in [0.25, 0.3) is 0 Å². The molecule has 0 saturated carbocycles. The molecule has 3 nitrogen and oxygen atoms in total. The molecule has 3 N–H and O–H groups in total. The molecule has 3 unspecified atom stereocenters. The van der Waals surface area contributed by atoms with Crippen molar-refractivity contribution in [1.29, 1.82) is 0 Å². The average Bonchev–Trinajstić information content (AvgIpc) is 2.58. The Morgan fingerprint density at radius 3 is 2.93 bits per heavy atom. The fourth-order valence-corrected chi connectivity index (χ4v) is 1.82. The minimum atomic E-state index is 0.361. The van der Waals surface area contributed by atoms with Crippen molar-refractivity contribution in [2.45, 2.75) is 45.3 Å². The van der Waals surface area contributed by atoms with Crippen LogP contribution < -0.4 is 11.1 Å². The SMILES string of the molecule is CCC(N)CCNCC1CCOC1C. The predicted molar refractivity (Wildman–Crippen MR) is 59.3 cm³/mol. The first kappa shape index (κ1) is 12.0. The van der Waals surface area contributed by atoms with Crippen LogP contribution in [0.5, 0.6) is 0 Å². The number of nitrogens with two attached hydrogens (primary N) is 1. The van der Waals surface area contributed by atoms with Crippen LogP contribution in [0, 0.1) is 5.92 Å². The zero-order valence-electron chi connectivity index (χ0n) is 9.46. The Balaban J connectivity index is 1.98. The van der Waals surface area contributed by atoms with Crippen molar-refractivity contribution in [2.24, 2.45) is 11.7 Å². The fraction of sp³-hybridized carbons (Fsp3) is 1.00. The van der Waals surface area contributed by atoms with Gasteiger partial charge in [0.05, 0.1) is 6.10 Å². The van der Waals surface area contributed by atoms with Crippen LogP contribution in [-0.2, 0) is 4.74 Å². The molecule has 3 atom stereocenters. The highest BCUT2D eigenvalue weighted by Crippen LogP contribution is 2.19. The number of ether oxygens (including phenoxy) is 1. The largest absolute Gasteiger partial charge is 0.378 e.